The number of hydrogen-bond acceptors (Lipinski definition) is 2. The molecule has 0 heterocycles. The zero-order valence-corrected chi connectivity index (χ0v) is 13.6. The molecule has 2 amide bonds. The van der Waals surface area contributed by atoms with Gasteiger partial charge in [0, 0.05) is 0 Å². The minimum Gasteiger partial charge on any atom is -0.369 e. The van der Waals surface area contributed by atoms with Crippen molar-refractivity contribution in [3.8, 4) is 0 Å². The lowest BCUT2D eigenvalue weighted by Gasteiger charge is -2.56. The summed E-state index contributed by atoms with van der Waals surface area (Å²) in [6.07, 6.45) is 2.07. The first-order valence-corrected chi connectivity index (χ1v) is 8.18. The third-order valence-corrected chi connectivity index (χ3v) is 5.54. The van der Waals surface area contributed by atoms with Gasteiger partial charge in [0.15, 0.2) is 0 Å². The van der Waals surface area contributed by atoms with Gasteiger partial charge in [-0.1, -0.05) is 60.7 Å². The predicted octanol–water partition coefficient (Wildman–Crippen LogP) is 2.21. The maximum Gasteiger partial charge on any atom is 0.225 e. The molecule has 2 aromatic carbocycles. The van der Waals surface area contributed by atoms with Crippen LogP contribution in [0, 0.1) is 10.8 Å². The number of benzene rings is 2. The lowest BCUT2D eigenvalue weighted by Crippen LogP contribution is -2.65. The van der Waals surface area contributed by atoms with E-state index in [1.807, 2.05) is 60.7 Å². The van der Waals surface area contributed by atoms with Crippen LogP contribution in [0.2, 0.25) is 0 Å². The molecule has 0 aliphatic heterocycles. The minimum atomic E-state index is -0.921. The molecular weight excluding hydrogens is 300 g/mol. The van der Waals surface area contributed by atoms with Crippen LogP contribution in [0.5, 0.6) is 0 Å². The van der Waals surface area contributed by atoms with Crippen molar-refractivity contribution in [2.24, 2.45) is 22.3 Å². The van der Waals surface area contributed by atoms with Gasteiger partial charge in [-0.05, 0) is 36.8 Å². The second-order valence-corrected chi connectivity index (χ2v) is 6.72. The van der Waals surface area contributed by atoms with Gasteiger partial charge in [-0.15, -0.1) is 0 Å². The van der Waals surface area contributed by atoms with E-state index >= 15 is 0 Å². The highest BCUT2D eigenvalue weighted by molar-refractivity contribution is 5.94. The van der Waals surface area contributed by atoms with Gasteiger partial charge in [0.05, 0.1) is 10.8 Å². The molecule has 0 radical (unpaired) electrons. The molecule has 1 aliphatic rings. The van der Waals surface area contributed by atoms with Crippen molar-refractivity contribution in [2.45, 2.75) is 25.7 Å². The van der Waals surface area contributed by atoms with E-state index in [2.05, 4.69) is 0 Å². The zero-order valence-electron chi connectivity index (χ0n) is 13.6. The Bertz CT molecular complexity index is 679. The number of carbonyl (C=O) groups is 2. The molecule has 0 spiro atoms. The molecule has 0 saturated heterocycles. The van der Waals surface area contributed by atoms with Crippen LogP contribution in [-0.2, 0) is 22.4 Å². The van der Waals surface area contributed by atoms with Crippen LogP contribution in [0.3, 0.4) is 0 Å². The van der Waals surface area contributed by atoms with Crippen LogP contribution in [0.25, 0.3) is 0 Å². The summed E-state index contributed by atoms with van der Waals surface area (Å²) in [6.45, 7) is 0. The number of nitrogens with two attached hydrogens (primary N) is 2. The largest absolute Gasteiger partial charge is 0.369 e. The molecule has 124 valence electrons. The summed E-state index contributed by atoms with van der Waals surface area (Å²) >= 11 is 0. The minimum absolute atomic E-state index is 0.438. The maximum atomic E-state index is 12.4. The van der Waals surface area contributed by atoms with Gasteiger partial charge in [-0.25, -0.2) is 0 Å². The second kappa shape index (κ2) is 6.11. The van der Waals surface area contributed by atoms with E-state index in [1.54, 1.807) is 0 Å². The molecule has 2 aromatic rings. The van der Waals surface area contributed by atoms with E-state index < -0.39 is 22.6 Å². The van der Waals surface area contributed by atoms with E-state index in [0.717, 1.165) is 11.1 Å². The van der Waals surface area contributed by atoms with Crippen molar-refractivity contribution in [3.63, 3.8) is 0 Å². The molecule has 1 saturated carbocycles. The second-order valence-electron chi connectivity index (χ2n) is 6.72. The Balaban J connectivity index is 2.01. The molecule has 2 atom stereocenters. The summed E-state index contributed by atoms with van der Waals surface area (Å²) in [5, 5.41) is 0. The monoisotopic (exact) mass is 322 g/mol. The molecule has 24 heavy (non-hydrogen) atoms. The Morgan fingerprint density at radius 1 is 0.708 bits per heavy atom. The number of hydrogen-bond donors (Lipinski definition) is 2. The first-order valence-electron chi connectivity index (χ1n) is 8.18. The Labute approximate surface area is 141 Å². The molecule has 2 unspecified atom stereocenters. The van der Waals surface area contributed by atoms with Gasteiger partial charge < -0.3 is 11.5 Å². The first kappa shape index (κ1) is 16.2. The van der Waals surface area contributed by atoms with Crippen LogP contribution in [-0.4, -0.2) is 11.8 Å². The highest BCUT2D eigenvalue weighted by Gasteiger charge is 2.65. The number of amides is 2. The highest BCUT2D eigenvalue weighted by atomic mass is 16.2. The van der Waals surface area contributed by atoms with Crippen molar-refractivity contribution in [1.29, 1.82) is 0 Å². The van der Waals surface area contributed by atoms with Crippen LogP contribution >= 0.6 is 0 Å². The van der Waals surface area contributed by atoms with E-state index in [-0.39, 0.29) is 0 Å². The summed E-state index contributed by atoms with van der Waals surface area (Å²) in [7, 11) is 0. The molecular formula is C20H22N2O2. The summed E-state index contributed by atoms with van der Waals surface area (Å²) < 4.78 is 0. The average molecular weight is 322 g/mol. The van der Waals surface area contributed by atoms with E-state index in [4.69, 9.17) is 11.5 Å². The standard InChI is InChI=1S/C20H22N2O2/c21-17(23)19(13-15-7-3-1-4-8-15)11-12-20(19,18(22)24)14-16-9-5-2-6-10-16/h1-10H,11-14H2,(H2,21,23)(H2,22,24). The maximum absolute atomic E-state index is 12.4. The molecule has 4 nitrogen and oxygen atoms in total. The number of primary amides is 2. The van der Waals surface area contributed by atoms with Crippen LogP contribution < -0.4 is 11.5 Å². The van der Waals surface area contributed by atoms with Crippen molar-refractivity contribution < 1.29 is 9.59 Å². The Morgan fingerprint density at radius 2 is 1.04 bits per heavy atom. The molecule has 0 aromatic heterocycles. The third-order valence-electron chi connectivity index (χ3n) is 5.54. The lowest BCUT2D eigenvalue weighted by molar-refractivity contribution is -0.166. The fourth-order valence-electron chi connectivity index (χ4n) is 4.02. The number of carbonyl (C=O) groups excluding carboxylic acids is 2. The van der Waals surface area contributed by atoms with E-state index in [9.17, 15) is 9.59 Å². The predicted molar refractivity (Wildman–Crippen MR) is 92.8 cm³/mol. The van der Waals surface area contributed by atoms with Gasteiger partial charge in [0.2, 0.25) is 11.8 Å². The quantitative estimate of drug-likeness (QED) is 0.854. The van der Waals surface area contributed by atoms with Crippen LogP contribution in [0.15, 0.2) is 60.7 Å². The molecule has 1 aliphatic carbocycles. The Morgan fingerprint density at radius 3 is 1.29 bits per heavy atom. The number of rotatable bonds is 6. The summed E-state index contributed by atoms with van der Waals surface area (Å²) in [5.74, 6) is -0.875. The van der Waals surface area contributed by atoms with Crippen LogP contribution in [0.1, 0.15) is 24.0 Å². The third kappa shape index (κ3) is 2.48. The SMILES string of the molecule is NC(=O)C1(Cc2ccccc2)CCC1(Cc1ccccc1)C(N)=O. The van der Waals surface area contributed by atoms with Gasteiger partial charge in [0.1, 0.15) is 0 Å². The Hall–Kier alpha value is -2.62. The highest BCUT2D eigenvalue weighted by Crippen LogP contribution is 2.60. The van der Waals surface area contributed by atoms with Crippen molar-refractivity contribution >= 4 is 11.8 Å². The normalized spacial score (nSPS) is 25.7. The average Bonchev–Trinajstić information content (AvgIpc) is 2.57. The Kier molecular flexibility index (Phi) is 4.14. The van der Waals surface area contributed by atoms with Gasteiger partial charge in [0.25, 0.3) is 0 Å². The summed E-state index contributed by atoms with van der Waals surface area (Å²) in [6, 6.07) is 19.4. The molecule has 1 fully saturated rings. The zero-order chi connectivity index (χ0) is 17.2. The van der Waals surface area contributed by atoms with Crippen molar-refractivity contribution in [1.82, 2.24) is 0 Å². The van der Waals surface area contributed by atoms with Crippen LogP contribution in [0.4, 0.5) is 0 Å². The molecule has 3 rings (SSSR count). The molecule has 0 bridgehead atoms. The molecule has 4 heteroatoms. The topological polar surface area (TPSA) is 86.2 Å². The molecule has 4 N–H and O–H groups in total. The smallest absolute Gasteiger partial charge is 0.225 e. The van der Waals surface area contributed by atoms with Crippen molar-refractivity contribution in [3.05, 3.63) is 71.8 Å². The summed E-state index contributed by atoms with van der Waals surface area (Å²) in [4.78, 5) is 24.9. The van der Waals surface area contributed by atoms with Gasteiger partial charge >= 0.3 is 0 Å². The van der Waals surface area contributed by atoms with Crippen molar-refractivity contribution in [2.75, 3.05) is 0 Å². The van der Waals surface area contributed by atoms with Gasteiger partial charge in [-0.2, -0.15) is 0 Å². The van der Waals surface area contributed by atoms with Gasteiger partial charge in [-0.3, -0.25) is 9.59 Å². The lowest BCUT2D eigenvalue weighted by atomic mass is 9.45. The van der Waals surface area contributed by atoms with E-state index in [1.165, 1.54) is 0 Å². The summed E-state index contributed by atoms with van der Waals surface area (Å²) in [5.41, 5.74) is 11.8. The fraction of sp³-hybridized carbons (Fsp3) is 0.300. The van der Waals surface area contributed by atoms with E-state index in [0.29, 0.717) is 25.7 Å². The fourth-order valence-corrected chi connectivity index (χ4v) is 4.02. The first-order chi connectivity index (χ1) is 11.5.